The van der Waals surface area contributed by atoms with Crippen molar-refractivity contribution in [1.29, 1.82) is 0 Å². The lowest BCUT2D eigenvalue weighted by molar-refractivity contribution is -0.132. The molecule has 3 nitrogen and oxygen atoms in total. The summed E-state index contributed by atoms with van der Waals surface area (Å²) < 4.78 is 0. The van der Waals surface area contributed by atoms with E-state index in [0.717, 1.165) is 32.6 Å². The molecule has 20 heavy (non-hydrogen) atoms. The predicted octanol–water partition coefficient (Wildman–Crippen LogP) is 3.11. The van der Waals surface area contributed by atoms with Crippen LogP contribution in [0.15, 0.2) is 30.3 Å². The summed E-state index contributed by atoms with van der Waals surface area (Å²) in [6.07, 6.45) is 1.74. The van der Waals surface area contributed by atoms with Crippen molar-refractivity contribution >= 4 is 18.3 Å². The third-order valence-electron chi connectivity index (χ3n) is 3.98. The molecule has 2 rings (SSSR count). The molecule has 1 aliphatic heterocycles. The van der Waals surface area contributed by atoms with Crippen molar-refractivity contribution in [1.82, 2.24) is 9.80 Å². The molecule has 4 heteroatoms. The molecule has 0 aliphatic carbocycles. The van der Waals surface area contributed by atoms with Crippen molar-refractivity contribution in [3.8, 4) is 0 Å². The fourth-order valence-corrected chi connectivity index (χ4v) is 2.89. The lowest BCUT2D eigenvalue weighted by Gasteiger charge is -2.39. The Bertz CT molecular complexity index is 402. The molecule has 1 aromatic rings. The number of amides is 1. The number of rotatable bonds is 4. The molecular formula is C16H25ClN2O. The van der Waals surface area contributed by atoms with Gasteiger partial charge in [0.25, 0.3) is 0 Å². The second-order valence-electron chi connectivity index (χ2n) is 5.11. The van der Waals surface area contributed by atoms with Gasteiger partial charge in [-0.15, -0.1) is 12.4 Å². The third kappa shape index (κ3) is 3.97. The molecule has 1 fully saturated rings. The molecule has 1 amide bonds. The summed E-state index contributed by atoms with van der Waals surface area (Å²) in [4.78, 5) is 16.2. The second kappa shape index (κ2) is 8.28. The Morgan fingerprint density at radius 2 is 1.70 bits per heavy atom. The van der Waals surface area contributed by atoms with E-state index < -0.39 is 0 Å². The minimum absolute atomic E-state index is 0. The van der Waals surface area contributed by atoms with Gasteiger partial charge in [-0.25, -0.2) is 0 Å². The first-order chi connectivity index (χ1) is 9.26. The fourth-order valence-electron chi connectivity index (χ4n) is 2.89. The van der Waals surface area contributed by atoms with Crippen LogP contribution in [0.1, 0.15) is 38.3 Å². The number of halogens is 1. The van der Waals surface area contributed by atoms with Gasteiger partial charge in [-0.1, -0.05) is 44.2 Å². The van der Waals surface area contributed by atoms with Gasteiger partial charge >= 0.3 is 0 Å². The Balaban J connectivity index is 0.00000200. The Kier molecular flexibility index (Phi) is 7.03. The van der Waals surface area contributed by atoms with Crippen LogP contribution in [0.4, 0.5) is 0 Å². The first-order valence-corrected chi connectivity index (χ1v) is 7.33. The van der Waals surface area contributed by atoms with Crippen LogP contribution in [0.2, 0.25) is 0 Å². The average Bonchev–Trinajstić information content (AvgIpc) is 2.49. The van der Waals surface area contributed by atoms with Gasteiger partial charge in [0.1, 0.15) is 0 Å². The predicted molar refractivity (Wildman–Crippen MR) is 85.2 cm³/mol. The summed E-state index contributed by atoms with van der Waals surface area (Å²) in [5, 5.41) is 0. The maximum Gasteiger partial charge on any atom is 0.222 e. The van der Waals surface area contributed by atoms with Crippen LogP contribution in [0, 0.1) is 0 Å². The summed E-state index contributed by atoms with van der Waals surface area (Å²) >= 11 is 0. The van der Waals surface area contributed by atoms with E-state index in [4.69, 9.17) is 0 Å². The molecule has 0 aromatic heterocycles. The van der Waals surface area contributed by atoms with Crippen molar-refractivity contribution in [3.63, 3.8) is 0 Å². The average molecular weight is 297 g/mol. The van der Waals surface area contributed by atoms with E-state index in [0.29, 0.717) is 12.5 Å². The maximum atomic E-state index is 11.7. The number of benzene rings is 1. The van der Waals surface area contributed by atoms with Crippen molar-refractivity contribution in [3.05, 3.63) is 35.9 Å². The molecule has 1 aromatic carbocycles. The highest BCUT2D eigenvalue weighted by Crippen LogP contribution is 2.25. The summed E-state index contributed by atoms with van der Waals surface area (Å²) in [6, 6.07) is 11.2. The van der Waals surface area contributed by atoms with E-state index >= 15 is 0 Å². The lowest BCUT2D eigenvalue weighted by atomic mass is 10.0. The van der Waals surface area contributed by atoms with E-state index in [-0.39, 0.29) is 18.3 Å². The number of hydrogen-bond acceptors (Lipinski definition) is 2. The van der Waals surface area contributed by atoms with Crippen molar-refractivity contribution in [2.45, 2.75) is 32.7 Å². The van der Waals surface area contributed by atoms with Crippen LogP contribution >= 0.6 is 12.4 Å². The van der Waals surface area contributed by atoms with Gasteiger partial charge in [-0.05, 0) is 12.0 Å². The van der Waals surface area contributed by atoms with Crippen LogP contribution in [0.3, 0.4) is 0 Å². The quantitative estimate of drug-likeness (QED) is 0.852. The molecule has 1 saturated heterocycles. The van der Waals surface area contributed by atoms with E-state index in [1.807, 2.05) is 11.8 Å². The Labute approximate surface area is 128 Å². The maximum absolute atomic E-state index is 11.7. The summed E-state index contributed by atoms with van der Waals surface area (Å²) in [5.74, 6) is 0.285. The first kappa shape index (κ1) is 17.0. The molecule has 112 valence electrons. The van der Waals surface area contributed by atoms with Gasteiger partial charge in [0.2, 0.25) is 5.91 Å². The van der Waals surface area contributed by atoms with E-state index in [2.05, 4.69) is 42.2 Å². The zero-order chi connectivity index (χ0) is 13.7. The highest BCUT2D eigenvalue weighted by molar-refractivity contribution is 5.85. The molecule has 1 unspecified atom stereocenters. The second-order valence-corrected chi connectivity index (χ2v) is 5.11. The minimum Gasteiger partial charge on any atom is -0.340 e. The largest absolute Gasteiger partial charge is 0.340 e. The van der Waals surface area contributed by atoms with Crippen LogP contribution in [-0.4, -0.2) is 41.9 Å². The molecule has 0 N–H and O–H groups in total. The van der Waals surface area contributed by atoms with Gasteiger partial charge in [0, 0.05) is 38.6 Å². The van der Waals surface area contributed by atoms with Crippen LogP contribution in [0.5, 0.6) is 0 Å². The van der Waals surface area contributed by atoms with Gasteiger partial charge in [-0.2, -0.15) is 0 Å². The molecule has 0 spiro atoms. The standard InChI is InChI=1S/C16H24N2O.ClH/c1-3-15(14-8-6-5-7-9-14)17-10-12-18(13-11-17)16(19)4-2;/h5-9,15H,3-4,10-13H2,1-2H3;1H. The molecule has 1 heterocycles. The summed E-state index contributed by atoms with van der Waals surface area (Å²) in [7, 11) is 0. The number of hydrogen-bond donors (Lipinski definition) is 0. The topological polar surface area (TPSA) is 23.6 Å². The van der Waals surface area contributed by atoms with Gasteiger partial charge < -0.3 is 4.90 Å². The Hall–Kier alpha value is -1.06. The van der Waals surface area contributed by atoms with Gasteiger partial charge in [-0.3, -0.25) is 9.69 Å². The zero-order valence-electron chi connectivity index (χ0n) is 12.4. The molecule has 0 bridgehead atoms. The first-order valence-electron chi connectivity index (χ1n) is 7.33. The van der Waals surface area contributed by atoms with Crippen LogP contribution in [0.25, 0.3) is 0 Å². The van der Waals surface area contributed by atoms with Crippen molar-refractivity contribution < 1.29 is 4.79 Å². The van der Waals surface area contributed by atoms with E-state index in [1.54, 1.807) is 0 Å². The molecule has 1 aliphatic rings. The number of nitrogens with zero attached hydrogens (tertiary/aromatic N) is 2. The molecule has 1 atom stereocenters. The Morgan fingerprint density at radius 1 is 1.10 bits per heavy atom. The van der Waals surface area contributed by atoms with Crippen molar-refractivity contribution in [2.24, 2.45) is 0 Å². The van der Waals surface area contributed by atoms with Gasteiger partial charge in [0.15, 0.2) is 0 Å². The third-order valence-corrected chi connectivity index (χ3v) is 3.98. The normalized spacial score (nSPS) is 17.4. The van der Waals surface area contributed by atoms with Crippen LogP contribution < -0.4 is 0 Å². The zero-order valence-corrected chi connectivity index (χ0v) is 13.2. The number of carbonyl (C=O) groups is 1. The van der Waals surface area contributed by atoms with E-state index in [1.165, 1.54) is 5.56 Å². The van der Waals surface area contributed by atoms with Gasteiger partial charge in [0.05, 0.1) is 0 Å². The highest BCUT2D eigenvalue weighted by atomic mass is 35.5. The number of piperazine rings is 1. The van der Waals surface area contributed by atoms with Crippen LogP contribution in [-0.2, 0) is 4.79 Å². The fraction of sp³-hybridized carbons (Fsp3) is 0.562. The number of carbonyl (C=O) groups excluding carboxylic acids is 1. The summed E-state index contributed by atoms with van der Waals surface area (Å²) in [5.41, 5.74) is 1.39. The minimum atomic E-state index is 0. The van der Waals surface area contributed by atoms with Crippen molar-refractivity contribution in [2.75, 3.05) is 26.2 Å². The molecule has 0 radical (unpaired) electrons. The lowest BCUT2D eigenvalue weighted by Crippen LogP contribution is -2.49. The Morgan fingerprint density at radius 3 is 2.20 bits per heavy atom. The summed E-state index contributed by atoms with van der Waals surface area (Å²) in [6.45, 7) is 7.89. The van der Waals surface area contributed by atoms with E-state index in [9.17, 15) is 4.79 Å². The molecule has 0 saturated carbocycles. The molecular weight excluding hydrogens is 272 g/mol. The monoisotopic (exact) mass is 296 g/mol. The SMILES string of the molecule is CCC(=O)N1CCN(C(CC)c2ccccc2)CC1.Cl. The highest BCUT2D eigenvalue weighted by Gasteiger charge is 2.25. The smallest absolute Gasteiger partial charge is 0.222 e.